The van der Waals surface area contributed by atoms with E-state index in [0.29, 0.717) is 12.3 Å². The topological polar surface area (TPSA) is 65.2 Å². The quantitative estimate of drug-likeness (QED) is 0.727. The van der Waals surface area contributed by atoms with Gasteiger partial charge in [-0.15, -0.1) is 0 Å². The summed E-state index contributed by atoms with van der Waals surface area (Å²) in [5.74, 6) is -0.436. The van der Waals surface area contributed by atoms with Crippen LogP contribution >= 0.6 is 0 Å². The Morgan fingerprint density at radius 1 is 1.71 bits per heavy atom. The molecule has 0 aliphatic carbocycles. The second kappa shape index (κ2) is 4.72. The number of aromatic nitrogens is 1. The molecular weight excluding hydrogens is 180 g/mol. The van der Waals surface area contributed by atoms with Gasteiger partial charge in [0.25, 0.3) is 0 Å². The van der Waals surface area contributed by atoms with E-state index < -0.39 is 12.0 Å². The number of carbonyl (C=O) groups excluding carboxylic acids is 1. The molecule has 0 aromatic carbocycles. The lowest BCUT2D eigenvalue weighted by Gasteiger charge is -2.11. The van der Waals surface area contributed by atoms with Gasteiger partial charge in [-0.2, -0.15) is 0 Å². The van der Waals surface area contributed by atoms with Gasteiger partial charge in [0.05, 0.1) is 12.3 Å². The van der Waals surface area contributed by atoms with Crippen molar-refractivity contribution in [3.63, 3.8) is 0 Å². The molecule has 4 heteroatoms. The number of ether oxygens (including phenoxy) is 1. The van der Waals surface area contributed by atoms with Crippen molar-refractivity contribution in [2.24, 2.45) is 5.73 Å². The van der Waals surface area contributed by atoms with E-state index in [1.54, 1.807) is 19.2 Å². The molecule has 0 fully saturated rings. The van der Waals surface area contributed by atoms with E-state index in [9.17, 15) is 4.79 Å². The van der Waals surface area contributed by atoms with Crippen molar-refractivity contribution in [3.8, 4) is 0 Å². The third kappa shape index (κ3) is 2.29. The number of esters is 1. The summed E-state index contributed by atoms with van der Waals surface area (Å²) >= 11 is 0. The molecule has 76 valence electrons. The Bertz CT molecular complexity index is 326. The van der Waals surface area contributed by atoms with E-state index in [2.05, 4.69) is 4.98 Å². The Morgan fingerprint density at radius 3 is 3.00 bits per heavy atom. The average molecular weight is 194 g/mol. The zero-order valence-corrected chi connectivity index (χ0v) is 8.36. The molecule has 1 aromatic rings. The van der Waals surface area contributed by atoms with Gasteiger partial charge < -0.3 is 10.5 Å². The smallest absolute Gasteiger partial charge is 0.329 e. The molecule has 1 atom stereocenters. The number of carbonyl (C=O) groups is 1. The van der Waals surface area contributed by atoms with Crippen molar-refractivity contribution in [2.75, 3.05) is 6.61 Å². The molecule has 2 N–H and O–H groups in total. The maximum Gasteiger partial charge on any atom is 0.329 e. The summed E-state index contributed by atoms with van der Waals surface area (Å²) in [4.78, 5) is 15.4. The summed E-state index contributed by atoms with van der Waals surface area (Å²) < 4.78 is 4.81. The van der Waals surface area contributed by atoms with Crippen LogP contribution in [0.2, 0.25) is 0 Å². The van der Waals surface area contributed by atoms with Gasteiger partial charge in [0.2, 0.25) is 0 Å². The molecule has 1 unspecified atom stereocenters. The Balaban J connectivity index is 2.84. The zero-order valence-electron chi connectivity index (χ0n) is 8.36. The predicted molar refractivity (Wildman–Crippen MR) is 52.5 cm³/mol. The molecule has 0 radical (unpaired) electrons. The van der Waals surface area contributed by atoms with Gasteiger partial charge >= 0.3 is 5.97 Å². The number of hydrogen-bond donors (Lipinski definition) is 1. The molecule has 4 nitrogen and oxygen atoms in total. The standard InChI is InChI=1S/C10H14N2O2/c1-3-14-10(13)8(11)9-7(2)5-4-6-12-9/h4-6,8H,3,11H2,1-2H3. The maximum atomic E-state index is 11.3. The van der Waals surface area contributed by atoms with Crippen LogP contribution in [0.4, 0.5) is 0 Å². The fourth-order valence-electron chi connectivity index (χ4n) is 1.17. The third-order valence-corrected chi connectivity index (χ3v) is 1.89. The fourth-order valence-corrected chi connectivity index (χ4v) is 1.17. The highest BCUT2D eigenvalue weighted by Gasteiger charge is 2.19. The Labute approximate surface area is 83.1 Å². The monoisotopic (exact) mass is 194 g/mol. The van der Waals surface area contributed by atoms with Crippen LogP contribution in [0, 0.1) is 6.92 Å². The number of hydrogen-bond acceptors (Lipinski definition) is 4. The van der Waals surface area contributed by atoms with Gasteiger partial charge in [0.15, 0.2) is 0 Å². The van der Waals surface area contributed by atoms with Crippen molar-refractivity contribution >= 4 is 5.97 Å². The molecule has 0 spiro atoms. The van der Waals surface area contributed by atoms with E-state index in [1.165, 1.54) is 0 Å². The fraction of sp³-hybridized carbons (Fsp3) is 0.400. The molecule has 14 heavy (non-hydrogen) atoms. The first-order valence-electron chi connectivity index (χ1n) is 4.50. The summed E-state index contributed by atoms with van der Waals surface area (Å²) in [7, 11) is 0. The SMILES string of the molecule is CCOC(=O)C(N)c1ncccc1C. The first-order valence-corrected chi connectivity index (χ1v) is 4.50. The van der Waals surface area contributed by atoms with Gasteiger partial charge in [-0.1, -0.05) is 6.07 Å². The van der Waals surface area contributed by atoms with Crippen molar-refractivity contribution in [3.05, 3.63) is 29.6 Å². The van der Waals surface area contributed by atoms with Gasteiger partial charge in [0.1, 0.15) is 6.04 Å². The predicted octanol–water partition coefficient (Wildman–Crippen LogP) is 0.953. The Hall–Kier alpha value is -1.42. The minimum absolute atomic E-state index is 0.332. The van der Waals surface area contributed by atoms with E-state index in [0.717, 1.165) is 5.56 Å². The highest BCUT2D eigenvalue weighted by atomic mass is 16.5. The molecule has 0 aliphatic rings. The van der Waals surface area contributed by atoms with Crippen molar-refractivity contribution < 1.29 is 9.53 Å². The van der Waals surface area contributed by atoms with Crippen LogP contribution in [0.15, 0.2) is 18.3 Å². The van der Waals surface area contributed by atoms with E-state index >= 15 is 0 Å². The van der Waals surface area contributed by atoms with Crippen LogP contribution in [0.3, 0.4) is 0 Å². The third-order valence-electron chi connectivity index (χ3n) is 1.89. The van der Waals surface area contributed by atoms with Crippen LogP contribution < -0.4 is 5.73 Å². The number of pyridine rings is 1. The number of nitrogens with two attached hydrogens (primary N) is 1. The van der Waals surface area contributed by atoms with E-state index in [-0.39, 0.29) is 0 Å². The first-order chi connectivity index (χ1) is 6.66. The van der Waals surface area contributed by atoms with Crippen LogP contribution in [-0.4, -0.2) is 17.6 Å². The van der Waals surface area contributed by atoms with Crippen LogP contribution in [0.1, 0.15) is 24.2 Å². The van der Waals surface area contributed by atoms with Gasteiger partial charge in [0, 0.05) is 6.20 Å². The van der Waals surface area contributed by atoms with Crippen molar-refractivity contribution in [2.45, 2.75) is 19.9 Å². The lowest BCUT2D eigenvalue weighted by Crippen LogP contribution is -2.25. The lowest BCUT2D eigenvalue weighted by atomic mass is 10.1. The minimum atomic E-state index is -0.781. The normalized spacial score (nSPS) is 12.2. The average Bonchev–Trinajstić information content (AvgIpc) is 2.18. The van der Waals surface area contributed by atoms with Crippen molar-refractivity contribution in [1.29, 1.82) is 0 Å². The highest BCUT2D eigenvalue weighted by molar-refractivity contribution is 5.77. The van der Waals surface area contributed by atoms with Crippen LogP contribution in [0.25, 0.3) is 0 Å². The highest BCUT2D eigenvalue weighted by Crippen LogP contribution is 2.13. The lowest BCUT2D eigenvalue weighted by molar-refractivity contribution is -0.144. The van der Waals surface area contributed by atoms with E-state index in [4.69, 9.17) is 10.5 Å². The molecule has 0 bridgehead atoms. The van der Waals surface area contributed by atoms with Gasteiger partial charge in [-0.25, -0.2) is 4.79 Å². The molecule has 0 amide bonds. The summed E-state index contributed by atoms with van der Waals surface area (Å²) in [6, 6.07) is 2.88. The zero-order chi connectivity index (χ0) is 10.6. The van der Waals surface area contributed by atoms with Crippen molar-refractivity contribution in [1.82, 2.24) is 4.98 Å². The summed E-state index contributed by atoms with van der Waals surface area (Å²) in [5, 5.41) is 0. The largest absolute Gasteiger partial charge is 0.465 e. The Kier molecular flexibility index (Phi) is 3.59. The molecule has 0 saturated carbocycles. The van der Waals surface area contributed by atoms with Gasteiger partial charge in [-0.05, 0) is 25.5 Å². The van der Waals surface area contributed by atoms with Crippen LogP contribution in [-0.2, 0) is 9.53 Å². The van der Waals surface area contributed by atoms with E-state index in [1.807, 2.05) is 13.0 Å². The Morgan fingerprint density at radius 2 is 2.43 bits per heavy atom. The molecular formula is C10H14N2O2. The van der Waals surface area contributed by atoms with Crippen LogP contribution in [0.5, 0.6) is 0 Å². The second-order valence-corrected chi connectivity index (χ2v) is 2.94. The second-order valence-electron chi connectivity index (χ2n) is 2.94. The number of rotatable bonds is 3. The molecule has 1 heterocycles. The first kappa shape index (κ1) is 10.7. The number of nitrogens with zero attached hydrogens (tertiary/aromatic N) is 1. The maximum absolute atomic E-state index is 11.3. The molecule has 1 rings (SSSR count). The summed E-state index contributed by atoms with van der Waals surface area (Å²) in [5.41, 5.74) is 7.16. The molecule has 0 aliphatic heterocycles. The summed E-state index contributed by atoms with van der Waals surface area (Å²) in [6.07, 6.45) is 1.61. The molecule has 0 saturated heterocycles. The molecule has 1 aromatic heterocycles. The number of aryl methyl sites for hydroxylation is 1. The van der Waals surface area contributed by atoms with Gasteiger partial charge in [-0.3, -0.25) is 4.98 Å². The minimum Gasteiger partial charge on any atom is -0.465 e. The summed E-state index contributed by atoms with van der Waals surface area (Å²) in [6.45, 7) is 3.94.